The van der Waals surface area contributed by atoms with Crippen molar-refractivity contribution in [3.8, 4) is 0 Å². The van der Waals surface area contributed by atoms with Gasteiger partial charge in [-0.15, -0.1) is 11.6 Å². The van der Waals surface area contributed by atoms with Crippen LogP contribution in [-0.4, -0.2) is 23.2 Å². The Labute approximate surface area is 104 Å². The van der Waals surface area contributed by atoms with E-state index in [0.29, 0.717) is 13.1 Å². The molecular formula is C13H12ClNO2. The molecule has 1 amide bonds. The number of amides is 1. The van der Waals surface area contributed by atoms with Gasteiger partial charge in [0.2, 0.25) is 5.91 Å². The van der Waals surface area contributed by atoms with E-state index in [1.54, 1.807) is 4.90 Å². The molecule has 88 valence electrons. The minimum atomic E-state index is -0.0115. The van der Waals surface area contributed by atoms with Gasteiger partial charge in [0.25, 0.3) is 0 Å². The lowest BCUT2D eigenvalue weighted by Gasteiger charge is -2.25. The number of hydrogen-bond acceptors (Lipinski definition) is 2. The fraction of sp³-hybridized carbons (Fsp3) is 0.308. The molecule has 0 aliphatic carbocycles. The van der Waals surface area contributed by atoms with Crippen molar-refractivity contribution in [3.05, 3.63) is 35.6 Å². The summed E-state index contributed by atoms with van der Waals surface area (Å²) in [4.78, 5) is 13.4. The zero-order chi connectivity index (χ0) is 11.8. The van der Waals surface area contributed by atoms with Gasteiger partial charge in [-0.05, 0) is 6.07 Å². The van der Waals surface area contributed by atoms with Crippen molar-refractivity contribution in [2.24, 2.45) is 0 Å². The summed E-state index contributed by atoms with van der Waals surface area (Å²) in [6.07, 6.45) is 0.770. The van der Waals surface area contributed by atoms with Crippen molar-refractivity contribution in [2.45, 2.75) is 13.0 Å². The number of nitrogens with zero attached hydrogens (tertiary/aromatic N) is 1. The molecule has 0 bridgehead atoms. The molecule has 4 heteroatoms. The van der Waals surface area contributed by atoms with Crippen LogP contribution in [0.15, 0.2) is 28.7 Å². The Kier molecular flexibility index (Phi) is 2.56. The van der Waals surface area contributed by atoms with E-state index in [2.05, 4.69) is 0 Å². The van der Waals surface area contributed by atoms with Crippen LogP contribution in [0.2, 0.25) is 0 Å². The van der Waals surface area contributed by atoms with Gasteiger partial charge in [0, 0.05) is 30.5 Å². The Hall–Kier alpha value is -1.48. The van der Waals surface area contributed by atoms with Crippen LogP contribution in [0, 0.1) is 0 Å². The number of para-hydroxylation sites is 1. The maximum absolute atomic E-state index is 11.6. The zero-order valence-electron chi connectivity index (χ0n) is 9.28. The molecule has 2 heterocycles. The maximum Gasteiger partial charge on any atom is 0.237 e. The third kappa shape index (κ3) is 1.71. The molecule has 0 unspecified atom stereocenters. The van der Waals surface area contributed by atoms with Crippen LogP contribution in [0.4, 0.5) is 0 Å². The first-order chi connectivity index (χ1) is 8.29. The second kappa shape index (κ2) is 4.08. The van der Waals surface area contributed by atoms with E-state index in [4.69, 9.17) is 16.0 Å². The Morgan fingerprint density at radius 2 is 2.24 bits per heavy atom. The molecule has 0 N–H and O–H groups in total. The Morgan fingerprint density at radius 1 is 1.41 bits per heavy atom. The average Bonchev–Trinajstić information content (AvgIpc) is 2.75. The van der Waals surface area contributed by atoms with Gasteiger partial charge in [0.05, 0.1) is 0 Å². The summed E-state index contributed by atoms with van der Waals surface area (Å²) in [5, 5.41) is 1.11. The van der Waals surface area contributed by atoms with E-state index in [-0.39, 0.29) is 11.8 Å². The van der Waals surface area contributed by atoms with Gasteiger partial charge in [-0.2, -0.15) is 0 Å². The molecule has 1 aromatic carbocycles. The highest BCUT2D eigenvalue weighted by atomic mass is 35.5. The lowest BCUT2D eigenvalue weighted by Crippen LogP contribution is -2.36. The lowest BCUT2D eigenvalue weighted by atomic mass is 10.0. The number of carbonyl (C=O) groups is 1. The van der Waals surface area contributed by atoms with Gasteiger partial charge in [0.15, 0.2) is 0 Å². The molecule has 0 fully saturated rings. The van der Waals surface area contributed by atoms with Crippen molar-refractivity contribution in [1.82, 2.24) is 4.90 Å². The Bertz CT molecular complexity index is 576. The van der Waals surface area contributed by atoms with Crippen molar-refractivity contribution in [2.75, 3.05) is 12.4 Å². The third-order valence-electron chi connectivity index (χ3n) is 3.21. The fourth-order valence-corrected chi connectivity index (χ4v) is 2.50. The summed E-state index contributed by atoms with van der Waals surface area (Å²) in [5.41, 5.74) is 2.03. The predicted octanol–water partition coefficient (Wildman–Crippen LogP) is 2.56. The Balaban J connectivity index is 2.03. The molecule has 0 radical (unpaired) electrons. The number of benzene rings is 1. The van der Waals surface area contributed by atoms with E-state index >= 15 is 0 Å². The van der Waals surface area contributed by atoms with Crippen molar-refractivity contribution < 1.29 is 9.21 Å². The molecule has 3 nitrogen and oxygen atoms in total. The molecule has 0 spiro atoms. The van der Waals surface area contributed by atoms with Gasteiger partial charge in [-0.1, -0.05) is 18.2 Å². The van der Waals surface area contributed by atoms with Crippen molar-refractivity contribution in [1.29, 1.82) is 0 Å². The highest BCUT2D eigenvalue weighted by molar-refractivity contribution is 6.27. The molecule has 17 heavy (non-hydrogen) atoms. The van der Waals surface area contributed by atoms with Gasteiger partial charge in [-0.3, -0.25) is 4.79 Å². The first kappa shape index (κ1) is 10.7. The van der Waals surface area contributed by atoms with Crippen LogP contribution in [0.3, 0.4) is 0 Å². The average molecular weight is 250 g/mol. The fourth-order valence-electron chi connectivity index (χ4n) is 2.33. The molecule has 3 rings (SSSR count). The summed E-state index contributed by atoms with van der Waals surface area (Å²) in [6.45, 7) is 1.30. The summed E-state index contributed by atoms with van der Waals surface area (Å²) >= 11 is 5.59. The van der Waals surface area contributed by atoms with Crippen molar-refractivity contribution >= 4 is 28.5 Å². The summed E-state index contributed by atoms with van der Waals surface area (Å²) in [5.74, 6) is 1.04. The predicted molar refractivity (Wildman–Crippen MR) is 66.1 cm³/mol. The Morgan fingerprint density at radius 3 is 3.06 bits per heavy atom. The van der Waals surface area contributed by atoms with E-state index < -0.39 is 0 Å². The smallest absolute Gasteiger partial charge is 0.237 e. The monoisotopic (exact) mass is 249 g/mol. The lowest BCUT2D eigenvalue weighted by molar-refractivity contribution is -0.129. The maximum atomic E-state index is 11.6. The molecule has 1 aromatic heterocycles. The number of carbonyl (C=O) groups excluding carboxylic acids is 1. The SMILES string of the molecule is O=C(CCl)N1CCc2oc3ccccc3c2C1. The van der Waals surface area contributed by atoms with Crippen molar-refractivity contribution in [3.63, 3.8) is 0 Å². The topological polar surface area (TPSA) is 33.5 Å². The quantitative estimate of drug-likeness (QED) is 0.728. The normalized spacial score (nSPS) is 15.0. The first-order valence-corrected chi connectivity index (χ1v) is 6.16. The molecule has 0 saturated carbocycles. The van der Waals surface area contributed by atoms with Crippen LogP contribution in [0.1, 0.15) is 11.3 Å². The van der Waals surface area contributed by atoms with E-state index in [1.807, 2.05) is 24.3 Å². The second-order valence-corrected chi connectivity index (χ2v) is 4.47. The minimum Gasteiger partial charge on any atom is -0.461 e. The highest BCUT2D eigenvalue weighted by Gasteiger charge is 2.24. The molecule has 0 atom stereocenters. The molecule has 0 saturated heterocycles. The molecule has 2 aromatic rings. The van der Waals surface area contributed by atoms with Gasteiger partial charge in [-0.25, -0.2) is 0 Å². The first-order valence-electron chi connectivity index (χ1n) is 5.62. The zero-order valence-corrected chi connectivity index (χ0v) is 10.0. The molecular weight excluding hydrogens is 238 g/mol. The number of halogens is 1. The summed E-state index contributed by atoms with van der Waals surface area (Å²) < 4.78 is 5.78. The minimum absolute atomic E-state index is 0.0115. The van der Waals surface area contributed by atoms with Crippen LogP contribution < -0.4 is 0 Å². The van der Waals surface area contributed by atoms with Gasteiger partial charge >= 0.3 is 0 Å². The van der Waals surface area contributed by atoms with E-state index in [1.165, 1.54) is 0 Å². The number of fused-ring (bicyclic) bond motifs is 3. The van der Waals surface area contributed by atoms with Crippen LogP contribution in [0.5, 0.6) is 0 Å². The summed E-state index contributed by atoms with van der Waals surface area (Å²) in [7, 11) is 0. The van der Waals surface area contributed by atoms with Gasteiger partial charge in [0.1, 0.15) is 17.2 Å². The summed E-state index contributed by atoms with van der Waals surface area (Å²) in [6, 6.07) is 7.94. The van der Waals surface area contributed by atoms with Crippen LogP contribution in [-0.2, 0) is 17.8 Å². The van der Waals surface area contributed by atoms with E-state index in [9.17, 15) is 4.79 Å². The highest BCUT2D eigenvalue weighted by Crippen LogP contribution is 2.30. The van der Waals surface area contributed by atoms with E-state index in [0.717, 1.165) is 28.7 Å². The van der Waals surface area contributed by atoms with Crippen LogP contribution >= 0.6 is 11.6 Å². The molecule has 1 aliphatic heterocycles. The number of rotatable bonds is 1. The second-order valence-electron chi connectivity index (χ2n) is 4.20. The number of alkyl halides is 1. The number of furan rings is 1. The van der Waals surface area contributed by atoms with Gasteiger partial charge < -0.3 is 9.32 Å². The molecule has 1 aliphatic rings. The largest absolute Gasteiger partial charge is 0.461 e. The van der Waals surface area contributed by atoms with Crippen LogP contribution in [0.25, 0.3) is 11.0 Å². The standard InChI is InChI=1S/C13H12ClNO2/c14-7-13(16)15-6-5-12-10(8-15)9-3-1-2-4-11(9)17-12/h1-4H,5-8H2. The number of hydrogen-bond donors (Lipinski definition) is 0. The third-order valence-corrected chi connectivity index (χ3v) is 3.44.